The molecular formula is C22H26N2O4. The van der Waals surface area contributed by atoms with Crippen LogP contribution in [0.25, 0.3) is 0 Å². The lowest BCUT2D eigenvalue weighted by molar-refractivity contribution is -0.130. The highest BCUT2D eigenvalue weighted by molar-refractivity contribution is 5.89. The van der Waals surface area contributed by atoms with Crippen LogP contribution in [0.3, 0.4) is 0 Å². The first-order valence-corrected chi connectivity index (χ1v) is 9.51. The summed E-state index contributed by atoms with van der Waals surface area (Å²) in [6, 6.07) is 17.1. The van der Waals surface area contributed by atoms with E-state index in [2.05, 4.69) is 4.90 Å². The van der Waals surface area contributed by atoms with Gasteiger partial charge in [-0.15, -0.1) is 0 Å². The lowest BCUT2D eigenvalue weighted by Crippen LogP contribution is -2.36. The van der Waals surface area contributed by atoms with E-state index in [-0.39, 0.29) is 11.9 Å². The van der Waals surface area contributed by atoms with Crippen molar-refractivity contribution >= 4 is 11.9 Å². The Labute approximate surface area is 165 Å². The van der Waals surface area contributed by atoms with E-state index in [9.17, 15) is 9.59 Å². The van der Waals surface area contributed by atoms with E-state index in [4.69, 9.17) is 9.47 Å². The molecule has 1 amide bonds. The van der Waals surface area contributed by atoms with E-state index < -0.39 is 0 Å². The molecule has 2 aromatic rings. The van der Waals surface area contributed by atoms with Gasteiger partial charge < -0.3 is 14.4 Å². The van der Waals surface area contributed by atoms with Gasteiger partial charge in [-0.2, -0.15) is 0 Å². The number of benzene rings is 2. The van der Waals surface area contributed by atoms with Crippen LogP contribution in [0, 0.1) is 0 Å². The largest absolute Gasteiger partial charge is 0.492 e. The van der Waals surface area contributed by atoms with E-state index in [1.165, 1.54) is 7.11 Å². The third kappa shape index (κ3) is 5.57. The molecule has 0 unspecified atom stereocenters. The summed E-state index contributed by atoms with van der Waals surface area (Å²) < 4.78 is 10.4. The standard InChI is InChI=1S/C22H26N2O4/c1-27-22(26)19-9-7-18(8-10-19)17-23-12-11-21(25)24(14-13-23)15-16-28-20-5-3-2-4-6-20/h2-10H,11-17H2,1H3. The van der Waals surface area contributed by atoms with Crippen molar-refractivity contribution in [1.82, 2.24) is 9.80 Å². The minimum atomic E-state index is -0.333. The normalized spacial score (nSPS) is 15.2. The highest BCUT2D eigenvalue weighted by Crippen LogP contribution is 2.13. The average Bonchev–Trinajstić information content (AvgIpc) is 2.91. The molecule has 1 aliphatic rings. The maximum Gasteiger partial charge on any atom is 0.337 e. The smallest absolute Gasteiger partial charge is 0.337 e. The molecule has 1 saturated heterocycles. The summed E-state index contributed by atoms with van der Waals surface area (Å²) in [6.07, 6.45) is 0.506. The Balaban J connectivity index is 1.48. The summed E-state index contributed by atoms with van der Waals surface area (Å²) in [6.45, 7) is 4.07. The summed E-state index contributed by atoms with van der Waals surface area (Å²) in [5.41, 5.74) is 1.66. The monoisotopic (exact) mass is 382 g/mol. The first-order valence-electron chi connectivity index (χ1n) is 9.51. The highest BCUT2D eigenvalue weighted by Gasteiger charge is 2.21. The molecule has 0 saturated carbocycles. The van der Waals surface area contributed by atoms with Crippen molar-refractivity contribution < 1.29 is 19.1 Å². The molecule has 0 bridgehead atoms. The zero-order chi connectivity index (χ0) is 19.8. The van der Waals surface area contributed by atoms with Gasteiger partial charge in [0.1, 0.15) is 12.4 Å². The number of esters is 1. The Hall–Kier alpha value is -2.86. The molecule has 2 aromatic carbocycles. The number of methoxy groups -OCH3 is 1. The molecule has 0 N–H and O–H groups in total. The van der Waals surface area contributed by atoms with Gasteiger partial charge in [0, 0.05) is 32.6 Å². The topological polar surface area (TPSA) is 59.1 Å². The maximum atomic E-state index is 12.4. The van der Waals surface area contributed by atoms with Crippen molar-refractivity contribution in [3.05, 3.63) is 65.7 Å². The number of hydrogen-bond acceptors (Lipinski definition) is 5. The predicted molar refractivity (Wildman–Crippen MR) is 106 cm³/mol. The second-order valence-electron chi connectivity index (χ2n) is 6.76. The highest BCUT2D eigenvalue weighted by atomic mass is 16.5. The molecule has 1 fully saturated rings. The molecular weight excluding hydrogens is 356 g/mol. The fraction of sp³-hybridized carbons (Fsp3) is 0.364. The summed E-state index contributed by atoms with van der Waals surface area (Å²) in [7, 11) is 1.38. The van der Waals surface area contributed by atoms with Gasteiger partial charge in [-0.1, -0.05) is 30.3 Å². The number of para-hydroxylation sites is 1. The molecule has 0 aliphatic carbocycles. The molecule has 1 aliphatic heterocycles. The van der Waals surface area contributed by atoms with E-state index in [1.807, 2.05) is 47.4 Å². The zero-order valence-electron chi connectivity index (χ0n) is 16.2. The van der Waals surface area contributed by atoms with Crippen LogP contribution in [0.1, 0.15) is 22.3 Å². The van der Waals surface area contributed by atoms with Crippen LogP contribution in [-0.4, -0.2) is 61.6 Å². The van der Waals surface area contributed by atoms with E-state index in [1.54, 1.807) is 12.1 Å². The van der Waals surface area contributed by atoms with Crippen LogP contribution < -0.4 is 4.74 Å². The second-order valence-corrected chi connectivity index (χ2v) is 6.76. The molecule has 28 heavy (non-hydrogen) atoms. The Bertz CT molecular complexity index is 777. The lowest BCUT2D eigenvalue weighted by Gasteiger charge is -2.22. The van der Waals surface area contributed by atoms with Crippen molar-refractivity contribution in [3.8, 4) is 5.75 Å². The molecule has 6 heteroatoms. The van der Waals surface area contributed by atoms with Crippen LogP contribution in [-0.2, 0) is 16.1 Å². The first-order chi connectivity index (χ1) is 13.7. The average molecular weight is 382 g/mol. The number of rotatable bonds is 7. The van der Waals surface area contributed by atoms with E-state index in [0.717, 1.165) is 30.9 Å². The van der Waals surface area contributed by atoms with Crippen LogP contribution in [0.4, 0.5) is 0 Å². The number of ether oxygens (including phenoxy) is 2. The molecule has 0 radical (unpaired) electrons. The molecule has 6 nitrogen and oxygen atoms in total. The van der Waals surface area contributed by atoms with Gasteiger partial charge in [0.2, 0.25) is 5.91 Å². The summed E-state index contributed by atoms with van der Waals surface area (Å²) in [4.78, 5) is 28.1. The number of nitrogens with zero attached hydrogens (tertiary/aromatic N) is 2. The lowest BCUT2D eigenvalue weighted by atomic mass is 10.1. The van der Waals surface area contributed by atoms with Crippen LogP contribution in [0.5, 0.6) is 5.75 Å². The predicted octanol–water partition coefficient (Wildman–Crippen LogP) is 2.59. The Kier molecular flexibility index (Phi) is 7.03. The van der Waals surface area contributed by atoms with Gasteiger partial charge in [0.25, 0.3) is 0 Å². The zero-order valence-corrected chi connectivity index (χ0v) is 16.2. The minimum absolute atomic E-state index is 0.167. The van der Waals surface area contributed by atoms with Crippen molar-refractivity contribution in [1.29, 1.82) is 0 Å². The Morgan fingerprint density at radius 1 is 1.00 bits per heavy atom. The van der Waals surface area contributed by atoms with E-state index in [0.29, 0.717) is 31.7 Å². The molecule has 0 aromatic heterocycles. The summed E-state index contributed by atoms with van der Waals surface area (Å²) in [5.74, 6) is 0.655. The van der Waals surface area contributed by atoms with Gasteiger partial charge in [0.05, 0.1) is 19.2 Å². The van der Waals surface area contributed by atoms with Crippen LogP contribution in [0.2, 0.25) is 0 Å². The number of carbonyl (C=O) groups is 2. The van der Waals surface area contributed by atoms with Gasteiger partial charge in [0.15, 0.2) is 0 Å². The van der Waals surface area contributed by atoms with Gasteiger partial charge in [-0.25, -0.2) is 4.79 Å². The fourth-order valence-corrected chi connectivity index (χ4v) is 3.22. The first kappa shape index (κ1) is 19.9. The second kappa shape index (κ2) is 9.90. The molecule has 0 spiro atoms. The van der Waals surface area contributed by atoms with Crippen molar-refractivity contribution in [2.45, 2.75) is 13.0 Å². The van der Waals surface area contributed by atoms with Crippen LogP contribution in [0.15, 0.2) is 54.6 Å². The van der Waals surface area contributed by atoms with Gasteiger partial charge >= 0.3 is 5.97 Å². The Morgan fingerprint density at radius 3 is 2.46 bits per heavy atom. The van der Waals surface area contributed by atoms with Crippen LogP contribution >= 0.6 is 0 Å². The third-order valence-electron chi connectivity index (χ3n) is 4.84. The van der Waals surface area contributed by atoms with Crippen molar-refractivity contribution in [3.63, 3.8) is 0 Å². The minimum Gasteiger partial charge on any atom is -0.492 e. The summed E-state index contributed by atoms with van der Waals surface area (Å²) in [5, 5.41) is 0. The van der Waals surface area contributed by atoms with Crippen molar-refractivity contribution in [2.24, 2.45) is 0 Å². The van der Waals surface area contributed by atoms with Gasteiger partial charge in [-0.3, -0.25) is 9.69 Å². The quantitative estimate of drug-likeness (QED) is 0.689. The molecule has 3 rings (SSSR count). The molecule has 0 atom stereocenters. The number of hydrogen-bond donors (Lipinski definition) is 0. The number of amides is 1. The third-order valence-corrected chi connectivity index (χ3v) is 4.84. The SMILES string of the molecule is COC(=O)c1ccc(CN2CCC(=O)N(CCOc3ccccc3)CC2)cc1. The molecule has 148 valence electrons. The maximum absolute atomic E-state index is 12.4. The summed E-state index contributed by atoms with van der Waals surface area (Å²) >= 11 is 0. The van der Waals surface area contributed by atoms with Gasteiger partial charge in [-0.05, 0) is 29.8 Å². The van der Waals surface area contributed by atoms with Crippen molar-refractivity contribution in [2.75, 3.05) is 39.9 Å². The Morgan fingerprint density at radius 2 is 1.75 bits per heavy atom. The fourth-order valence-electron chi connectivity index (χ4n) is 3.22. The molecule has 1 heterocycles. The number of carbonyl (C=O) groups excluding carboxylic acids is 2. The van der Waals surface area contributed by atoms with E-state index >= 15 is 0 Å².